The number of esters is 1. The number of urea groups is 1. The fraction of sp³-hybridized carbons (Fsp3) is 0.118. The molecule has 0 unspecified atom stereocenters. The summed E-state index contributed by atoms with van der Waals surface area (Å²) >= 11 is 1.14. The zero-order valence-electron chi connectivity index (χ0n) is 14.4. The molecule has 0 aliphatic carbocycles. The van der Waals surface area contributed by atoms with Gasteiger partial charge in [-0.05, 0) is 30.5 Å². The summed E-state index contributed by atoms with van der Waals surface area (Å²) in [4.78, 5) is 46.1. The SMILES string of the molecule is CSc1ccc(C(=O)OCC(=O)NC(=O)Nc2ccccc2F)cc1[N+](=O)[O-]. The lowest BCUT2D eigenvalue weighted by molar-refractivity contribution is -0.387. The van der Waals surface area contributed by atoms with Crippen LogP contribution in [0.15, 0.2) is 47.4 Å². The zero-order valence-corrected chi connectivity index (χ0v) is 15.2. The number of nitro benzene ring substituents is 1. The first kappa shape index (κ1) is 20.8. The molecule has 9 nitrogen and oxygen atoms in total. The number of nitrogens with one attached hydrogen (secondary N) is 2. The molecular formula is C17H14FN3O6S. The van der Waals surface area contributed by atoms with Gasteiger partial charge in [-0.3, -0.25) is 20.2 Å². The average molecular weight is 407 g/mol. The van der Waals surface area contributed by atoms with Gasteiger partial charge in [0.05, 0.1) is 21.1 Å². The summed E-state index contributed by atoms with van der Waals surface area (Å²) in [7, 11) is 0. The van der Waals surface area contributed by atoms with E-state index in [0.29, 0.717) is 4.90 Å². The van der Waals surface area contributed by atoms with Crippen molar-refractivity contribution >= 4 is 41.0 Å². The van der Waals surface area contributed by atoms with E-state index in [1.165, 1.54) is 30.3 Å². The van der Waals surface area contributed by atoms with Crippen LogP contribution < -0.4 is 10.6 Å². The molecule has 2 N–H and O–H groups in total. The Bertz CT molecular complexity index is 937. The van der Waals surface area contributed by atoms with Gasteiger partial charge in [0.2, 0.25) is 0 Å². The molecule has 2 aromatic rings. The van der Waals surface area contributed by atoms with Gasteiger partial charge in [0, 0.05) is 6.07 Å². The first-order valence-electron chi connectivity index (χ1n) is 7.66. The van der Waals surface area contributed by atoms with Gasteiger partial charge in [-0.15, -0.1) is 11.8 Å². The van der Waals surface area contributed by atoms with E-state index in [1.54, 1.807) is 6.26 Å². The Morgan fingerprint density at radius 3 is 2.57 bits per heavy atom. The summed E-state index contributed by atoms with van der Waals surface area (Å²) in [5.74, 6) is -2.62. The van der Waals surface area contributed by atoms with Crippen LogP contribution >= 0.6 is 11.8 Å². The smallest absolute Gasteiger partial charge is 0.338 e. The van der Waals surface area contributed by atoms with Gasteiger partial charge in [-0.25, -0.2) is 14.0 Å². The number of nitrogens with zero attached hydrogens (tertiary/aromatic N) is 1. The molecule has 0 aliphatic heterocycles. The number of rotatable bonds is 6. The number of hydrogen-bond acceptors (Lipinski definition) is 7. The Morgan fingerprint density at radius 2 is 1.93 bits per heavy atom. The second kappa shape index (κ2) is 9.46. The van der Waals surface area contributed by atoms with Crippen molar-refractivity contribution < 1.29 is 28.4 Å². The number of ether oxygens (including phenoxy) is 1. The van der Waals surface area contributed by atoms with Crippen molar-refractivity contribution in [1.29, 1.82) is 0 Å². The normalized spacial score (nSPS) is 10.1. The van der Waals surface area contributed by atoms with Crippen LogP contribution in [0, 0.1) is 15.9 Å². The largest absolute Gasteiger partial charge is 0.452 e. The van der Waals surface area contributed by atoms with E-state index in [0.717, 1.165) is 23.9 Å². The molecule has 28 heavy (non-hydrogen) atoms. The molecule has 0 saturated carbocycles. The van der Waals surface area contributed by atoms with Gasteiger partial charge in [0.15, 0.2) is 6.61 Å². The summed E-state index contributed by atoms with van der Waals surface area (Å²) < 4.78 is 18.2. The molecule has 0 saturated heterocycles. The van der Waals surface area contributed by atoms with Crippen molar-refractivity contribution in [1.82, 2.24) is 5.32 Å². The molecule has 0 spiro atoms. The van der Waals surface area contributed by atoms with Gasteiger partial charge in [0.25, 0.3) is 11.6 Å². The van der Waals surface area contributed by atoms with Gasteiger partial charge in [-0.2, -0.15) is 0 Å². The number of para-hydroxylation sites is 1. The van der Waals surface area contributed by atoms with Gasteiger partial charge >= 0.3 is 12.0 Å². The second-order valence-electron chi connectivity index (χ2n) is 5.20. The quantitative estimate of drug-likeness (QED) is 0.326. The summed E-state index contributed by atoms with van der Waals surface area (Å²) in [5.41, 5.74) is -0.519. The fourth-order valence-corrected chi connectivity index (χ4v) is 2.60. The van der Waals surface area contributed by atoms with Crippen molar-refractivity contribution in [3.8, 4) is 0 Å². The lowest BCUT2D eigenvalue weighted by atomic mass is 10.2. The predicted molar refractivity (Wildman–Crippen MR) is 98.7 cm³/mol. The molecule has 0 atom stereocenters. The van der Waals surface area contributed by atoms with Gasteiger partial charge < -0.3 is 10.1 Å². The number of carbonyl (C=O) groups is 3. The molecule has 146 valence electrons. The lowest BCUT2D eigenvalue weighted by Crippen LogP contribution is -2.37. The Labute approximate surface area is 162 Å². The van der Waals surface area contributed by atoms with Crippen LogP contribution in [0.5, 0.6) is 0 Å². The first-order chi connectivity index (χ1) is 13.3. The molecule has 11 heteroatoms. The molecule has 2 aromatic carbocycles. The predicted octanol–water partition coefficient (Wildman–Crippen LogP) is 2.96. The van der Waals surface area contributed by atoms with Crippen molar-refractivity contribution in [2.75, 3.05) is 18.2 Å². The van der Waals surface area contributed by atoms with E-state index in [1.807, 2.05) is 5.32 Å². The minimum Gasteiger partial charge on any atom is -0.452 e. The van der Waals surface area contributed by atoms with E-state index in [4.69, 9.17) is 4.74 Å². The number of nitro groups is 1. The third kappa shape index (κ3) is 5.51. The minimum absolute atomic E-state index is 0.117. The van der Waals surface area contributed by atoms with Crippen molar-refractivity contribution in [2.24, 2.45) is 0 Å². The standard InChI is InChI=1S/C17H14FN3O6S/c1-28-14-7-6-10(8-13(14)21(25)26)16(23)27-9-15(22)20-17(24)19-12-5-3-2-4-11(12)18/h2-8H,9H2,1H3,(H2,19,20,22,24). The highest BCUT2D eigenvalue weighted by molar-refractivity contribution is 7.98. The summed E-state index contributed by atoms with van der Waals surface area (Å²) in [6.45, 7) is -0.804. The Morgan fingerprint density at radius 1 is 1.21 bits per heavy atom. The number of benzene rings is 2. The topological polar surface area (TPSA) is 128 Å². The van der Waals surface area contributed by atoms with Crippen LogP contribution in [-0.4, -0.2) is 35.7 Å². The van der Waals surface area contributed by atoms with Crippen LogP contribution in [-0.2, 0) is 9.53 Å². The Hall–Kier alpha value is -3.47. The lowest BCUT2D eigenvalue weighted by Gasteiger charge is -2.08. The number of imide groups is 1. The average Bonchev–Trinajstić information content (AvgIpc) is 2.67. The van der Waals surface area contributed by atoms with Crippen molar-refractivity contribution in [2.45, 2.75) is 4.90 Å². The van der Waals surface area contributed by atoms with E-state index in [-0.39, 0.29) is 16.9 Å². The highest BCUT2D eigenvalue weighted by atomic mass is 32.2. The second-order valence-corrected chi connectivity index (χ2v) is 6.05. The van der Waals surface area contributed by atoms with E-state index in [2.05, 4.69) is 5.32 Å². The zero-order chi connectivity index (χ0) is 20.7. The Kier molecular flexibility index (Phi) is 7.04. The maximum Gasteiger partial charge on any atom is 0.338 e. The molecule has 0 aliphatic rings. The van der Waals surface area contributed by atoms with Crippen molar-refractivity contribution in [3.63, 3.8) is 0 Å². The molecule has 0 aromatic heterocycles. The van der Waals surface area contributed by atoms with Crippen LogP contribution in [0.2, 0.25) is 0 Å². The van der Waals surface area contributed by atoms with E-state index in [9.17, 15) is 28.9 Å². The van der Waals surface area contributed by atoms with Crippen LogP contribution in [0.4, 0.5) is 20.6 Å². The van der Waals surface area contributed by atoms with Crippen LogP contribution in [0.3, 0.4) is 0 Å². The maximum atomic E-state index is 13.4. The monoisotopic (exact) mass is 407 g/mol. The third-order valence-corrected chi connectivity index (χ3v) is 4.11. The highest BCUT2D eigenvalue weighted by Gasteiger charge is 2.19. The molecule has 2 rings (SSSR count). The molecule has 0 heterocycles. The van der Waals surface area contributed by atoms with Crippen LogP contribution in [0.1, 0.15) is 10.4 Å². The number of anilines is 1. The first-order valence-corrected chi connectivity index (χ1v) is 8.89. The third-order valence-electron chi connectivity index (χ3n) is 3.32. The van der Waals surface area contributed by atoms with Gasteiger partial charge in [-0.1, -0.05) is 12.1 Å². The number of halogens is 1. The summed E-state index contributed by atoms with van der Waals surface area (Å²) in [5, 5.41) is 15.0. The molecule has 0 radical (unpaired) electrons. The van der Waals surface area contributed by atoms with Gasteiger partial charge in [0.1, 0.15) is 5.82 Å². The van der Waals surface area contributed by atoms with Crippen LogP contribution in [0.25, 0.3) is 0 Å². The van der Waals surface area contributed by atoms with Crippen molar-refractivity contribution in [3.05, 3.63) is 64.0 Å². The summed E-state index contributed by atoms with van der Waals surface area (Å²) in [6, 6.07) is 8.09. The van der Waals surface area contributed by atoms with E-state index >= 15 is 0 Å². The molecule has 0 bridgehead atoms. The van der Waals surface area contributed by atoms with E-state index < -0.39 is 35.3 Å². The fourth-order valence-electron chi connectivity index (χ4n) is 2.05. The number of thioether (sulfide) groups is 1. The molecule has 0 fully saturated rings. The molecule has 3 amide bonds. The molecular weight excluding hydrogens is 393 g/mol. The number of carbonyl (C=O) groups excluding carboxylic acids is 3. The highest BCUT2D eigenvalue weighted by Crippen LogP contribution is 2.28. The number of hydrogen-bond donors (Lipinski definition) is 2. The maximum absolute atomic E-state index is 13.4. The minimum atomic E-state index is -1.01. The number of amides is 3. The Balaban J connectivity index is 1.91. The summed E-state index contributed by atoms with van der Waals surface area (Å²) in [6.07, 6.45) is 1.65.